The smallest absolute Gasteiger partial charge is 0.106 e. The Hall–Kier alpha value is -1.21. The van der Waals surface area contributed by atoms with Crippen molar-refractivity contribution in [2.75, 3.05) is 6.61 Å². The van der Waals surface area contributed by atoms with Crippen molar-refractivity contribution >= 4 is 17.7 Å². The number of benzene rings is 1. The molecule has 14 heavy (non-hydrogen) atoms. The van der Waals surface area contributed by atoms with Crippen LogP contribution in [0.5, 0.6) is 0 Å². The first-order chi connectivity index (χ1) is 6.83. The molecule has 2 heteroatoms. The van der Waals surface area contributed by atoms with E-state index in [4.69, 9.17) is 16.3 Å². The number of hydrogen-bond donors (Lipinski definition) is 0. The molecule has 1 aromatic carbocycles. The highest BCUT2D eigenvalue weighted by molar-refractivity contribution is 6.30. The molecule has 0 aromatic heterocycles. The molecule has 0 spiro atoms. The monoisotopic (exact) mass is 208 g/mol. The van der Waals surface area contributed by atoms with E-state index in [1.54, 1.807) is 6.26 Å². The summed E-state index contributed by atoms with van der Waals surface area (Å²) in [4.78, 5) is 0. The molecule has 0 N–H and O–H groups in total. The van der Waals surface area contributed by atoms with Crippen LogP contribution in [0.15, 0.2) is 42.7 Å². The lowest BCUT2D eigenvalue weighted by Crippen LogP contribution is -1.80. The van der Waals surface area contributed by atoms with Crippen LogP contribution in [0.4, 0.5) is 0 Å². The lowest BCUT2D eigenvalue weighted by atomic mass is 10.2. The molecule has 0 amide bonds. The standard InChI is InChI=1S/C12H13ClO/c1-2-8-14-9-4-6-11-5-3-7-12(13)10-11/h2-8,10H,9H2,1H3/b6-4+,8-2+. The van der Waals surface area contributed by atoms with Gasteiger partial charge in [-0.25, -0.2) is 0 Å². The second kappa shape index (κ2) is 6.28. The first-order valence-electron chi connectivity index (χ1n) is 4.48. The molecule has 0 saturated heterocycles. The van der Waals surface area contributed by atoms with Gasteiger partial charge in [-0.05, 0) is 30.7 Å². The highest BCUT2D eigenvalue weighted by atomic mass is 35.5. The minimum Gasteiger partial charge on any atom is -0.497 e. The van der Waals surface area contributed by atoms with Crippen molar-refractivity contribution in [1.29, 1.82) is 0 Å². The van der Waals surface area contributed by atoms with Gasteiger partial charge in [0.1, 0.15) is 6.61 Å². The summed E-state index contributed by atoms with van der Waals surface area (Å²) in [5.41, 5.74) is 1.08. The SMILES string of the molecule is C/C=C/OC/C=C/c1cccc(Cl)c1. The van der Waals surface area contributed by atoms with Gasteiger partial charge in [0, 0.05) is 5.02 Å². The predicted octanol–water partition coefficient (Wildman–Crippen LogP) is 3.90. The molecular weight excluding hydrogens is 196 g/mol. The van der Waals surface area contributed by atoms with Crippen LogP contribution in [0.25, 0.3) is 6.08 Å². The van der Waals surface area contributed by atoms with E-state index >= 15 is 0 Å². The Labute approximate surface area is 89.7 Å². The van der Waals surface area contributed by atoms with E-state index in [2.05, 4.69) is 0 Å². The van der Waals surface area contributed by atoms with Gasteiger partial charge in [-0.2, -0.15) is 0 Å². The third-order valence-electron chi connectivity index (χ3n) is 1.58. The molecule has 0 radical (unpaired) electrons. The van der Waals surface area contributed by atoms with Crippen LogP contribution in [0, 0.1) is 0 Å². The fourth-order valence-electron chi connectivity index (χ4n) is 1.00. The lowest BCUT2D eigenvalue weighted by molar-refractivity contribution is 0.290. The Morgan fingerprint density at radius 3 is 3.00 bits per heavy atom. The van der Waals surface area contributed by atoms with Gasteiger partial charge in [0.05, 0.1) is 6.26 Å². The zero-order valence-corrected chi connectivity index (χ0v) is 8.87. The van der Waals surface area contributed by atoms with E-state index in [9.17, 15) is 0 Å². The minimum absolute atomic E-state index is 0.580. The summed E-state index contributed by atoms with van der Waals surface area (Å²) >= 11 is 5.83. The second-order valence-corrected chi connectivity index (χ2v) is 3.20. The number of allylic oxidation sites excluding steroid dienone is 1. The van der Waals surface area contributed by atoms with Gasteiger partial charge in [-0.3, -0.25) is 0 Å². The van der Waals surface area contributed by atoms with Crippen molar-refractivity contribution in [1.82, 2.24) is 0 Å². The molecule has 0 atom stereocenters. The maximum Gasteiger partial charge on any atom is 0.106 e. The summed E-state index contributed by atoms with van der Waals surface area (Å²) in [6.07, 6.45) is 7.45. The largest absolute Gasteiger partial charge is 0.497 e. The molecule has 1 nitrogen and oxygen atoms in total. The Bertz CT molecular complexity index is 329. The fraction of sp³-hybridized carbons (Fsp3) is 0.167. The lowest BCUT2D eigenvalue weighted by Gasteiger charge is -1.95. The fourth-order valence-corrected chi connectivity index (χ4v) is 1.20. The summed E-state index contributed by atoms with van der Waals surface area (Å²) in [6, 6.07) is 7.69. The van der Waals surface area contributed by atoms with Crippen molar-refractivity contribution in [3.05, 3.63) is 53.3 Å². The van der Waals surface area contributed by atoms with E-state index < -0.39 is 0 Å². The molecule has 0 heterocycles. The van der Waals surface area contributed by atoms with Crippen LogP contribution in [-0.2, 0) is 4.74 Å². The number of hydrogen-bond acceptors (Lipinski definition) is 1. The molecule has 1 rings (SSSR count). The topological polar surface area (TPSA) is 9.23 Å². The molecule has 1 aromatic rings. The van der Waals surface area contributed by atoms with Crippen LogP contribution in [0.2, 0.25) is 5.02 Å². The maximum absolute atomic E-state index is 5.83. The minimum atomic E-state index is 0.580. The van der Waals surface area contributed by atoms with Gasteiger partial charge in [0.25, 0.3) is 0 Å². The molecule has 0 bridgehead atoms. The number of halogens is 1. The molecule has 0 aliphatic heterocycles. The molecule has 74 valence electrons. The third-order valence-corrected chi connectivity index (χ3v) is 1.82. The van der Waals surface area contributed by atoms with E-state index in [0.717, 1.165) is 10.6 Å². The Balaban J connectivity index is 2.43. The van der Waals surface area contributed by atoms with Gasteiger partial charge >= 0.3 is 0 Å². The summed E-state index contributed by atoms with van der Waals surface area (Å²) in [6.45, 7) is 2.50. The van der Waals surface area contributed by atoms with Crippen molar-refractivity contribution < 1.29 is 4.74 Å². The third kappa shape index (κ3) is 4.15. The van der Waals surface area contributed by atoms with Gasteiger partial charge in [-0.1, -0.05) is 35.9 Å². The van der Waals surface area contributed by atoms with E-state index in [0.29, 0.717) is 6.61 Å². The van der Waals surface area contributed by atoms with Crippen molar-refractivity contribution in [3.63, 3.8) is 0 Å². The average molecular weight is 209 g/mol. The van der Waals surface area contributed by atoms with Gasteiger partial charge in [0.2, 0.25) is 0 Å². The molecule has 0 aliphatic carbocycles. The Kier molecular flexibility index (Phi) is 4.87. The van der Waals surface area contributed by atoms with E-state index in [1.165, 1.54) is 0 Å². The first-order valence-corrected chi connectivity index (χ1v) is 4.85. The quantitative estimate of drug-likeness (QED) is 0.539. The molecule has 0 unspecified atom stereocenters. The number of ether oxygens (including phenoxy) is 1. The second-order valence-electron chi connectivity index (χ2n) is 2.76. The molecule has 0 saturated carbocycles. The van der Waals surface area contributed by atoms with Gasteiger partial charge < -0.3 is 4.74 Å². The zero-order valence-electron chi connectivity index (χ0n) is 8.11. The molecular formula is C12H13ClO. The maximum atomic E-state index is 5.83. The van der Waals surface area contributed by atoms with Crippen molar-refractivity contribution in [3.8, 4) is 0 Å². The molecule has 0 fully saturated rings. The van der Waals surface area contributed by atoms with Gasteiger partial charge in [0.15, 0.2) is 0 Å². The van der Waals surface area contributed by atoms with Crippen LogP contribution in [0.3, 0.4) is 0 Å². The van der Waals surface area contributed by atoms with Crippen LogP contribution >= 0.6 is 11.6 Å². The van der Waals surface area contributed by atoms with Crippen LogP contribution in [-0.4, -0.2) is 6.61 Å². The van der Waals surface area contributed by atoms with Crippen molar-refractivity contribution in [2.45, 2.75) is 6.92 Å². The highest BCUT2D eigenvalue weighted by Gasteiger charge is 1.87. The predicted molar refractivity (Wildman–Crippen MR) is 61.3 cm³/mol. The first kappa shape index (κ1) is 10.9. The van der Waals surface area contributed by atoms with Crippen LogP contribution in [0.1, 0.15) is 12.5 Å². The summed E-state index contributed by atoms with van der Waals surface area (Å²) in [5.74, 6) is 0. The number of rotatable bonds is 4. The zero-order chi connectivity index (χ0) is 10.2. The molecule has 0 aliphatic rings. The highest BCUT2D eigenvalue weighted by Crippen LogP contribution is 2.11. The summed E-state index contributed by atoms with van der Waals surface area (Å²) in [7, 11) is 0. The Morgan fingerprint density at radius 1 is 1.43 bits per heavy atom. The van der Waals surface area contributed by atoms with Crippen LogP contribution < -0.4 is 0 Å². The average Bonchev–Trinajstić information content (AvgIpc) is 2.18. The Morgan fingerprint density at radius 2 is 2.29 bits per heavy atom. The van der Waals surface area contributed by atoms with E-state index in [1.807, 2.05) is 49.4 Å². The van der Waals surface area contributed by atoms with Gasteiger partial charge in [-0.15, -0.1) is 0 Å². The summed E-state index contributed by atoms with van der Waals surface area (Å²) < 4.78 is 5.13. The summed E-state index contributed by atoms with van der Waals surface area (Å²) in [5, 5.41) is 0.751. The van der Waals surface area contributed by atoms with Crippen molar-refractivity contribution in [2.24, 2.45) is 0 Å². The van der Waals surface area contributed by atoms with E-state index in [-0.39, 0.29) is 0 Å². The normalized spacial score (nSPS) is 11.3.